The molecule has 0 spiro atoms. The van der Waals surface area contributed by atoms with Crippen LogP contribution in [0.15, 0.2) is 60.7 Å². The van der Waals surface area contributed by atoms with Crippen molar-refractivity contribution in [3.63, 3.8) is 0 Å². The monoisotopic (exact) mass is 233 g/mol. The zero-order valence-corrected chi connectivity index (χ0v) is 7.75. The van der Waals surface area contributed by atoms with Gasteiger partial charge in [-0.3, -0.25) is 0 Å². The Balaban J connectivity index is 0.000000167. The van der Waals surface area contributed by atoms with E-state index in [4.69, 9.17) is 0 Å². The van der Waals surface area contributed by atoms with Gasteiger partial charge in [-0.05, 0) is 0 Å². The molecule has 0 N–H and O–H groups in total. The van der Waals surface area contributed by atoms with E-state index in [0.29, 0.717) is 0 Å². The van der Waals surface area contributed by atoms with Gasteiger partial charge in [0.25, 0.3) is 0 Å². The Morgan fingerprint density at radius 1 is 0.545 bits per heavy atom. The van der Waals surface area contributed by atoms with Crippen LogP contribution in [0, 0.1) is 0 Å². The van der Waals surface area contributed by atoms with Gasteiger partial charge in [-0.15, -0.1) is 0 Å². The fourth-order valence-corrected chi connectivity index (χ4v) is 0.642. The molecular formula is C10H10Rh+. The van der Waals surface area contributed by atoms with Crippen LogP contribution in [0.2, 0.25) is 0 Å². The Hall–Kier alpha value is -0.677. The average molecular weight is 233 g/mol. The van der Waals surface area contributed by atoms with E-state index < -0.39 is 0 Å². The van der Waals surface area contributed by atoms with Crippen LogP contribution in [-0.2, 0) is 19.5 Å². The fourth-order valence-electron chi connectivity index (χ4n) is 0.642. The van der Waals surface area contributed by atoms with Crippen LogP contribution >= 0.6 is 0 Å². The summed E-state index contributed by atoms with van der Waals surface area (Å²) in [6.45, 7) is 0. The van der Waals surface area contributed by atoms with Crippen LogP contribution < -0.4 is 0 Å². The fraction of sp³-hybridized carbons (Fsp3) is 0. The number of rotatable bonds is 0. The maximum absolute atomic E-state index is 2.00. The number of hydrogen-bond acceptors (Lipinski definition) is 0. The summed E-state index contributed by atoms with van der Waals surface area (Å²) in [5.74, 6) is 0. The average Bonchev–Trinajstić information content (AvgIpc) is 2.67. The summed E-state index contributed by atoms with van der Waals surface area (Å²) < 4.78 is 0. The van der Waals surface area contributed by atoms with Crippen LogP contribution in [0.25, 0.3) is 0 Å². The first-order valence-electron chi connectivity index (χ1n) is 3.33. The molecule has 0 aliphatic carbocycles. The Morgan fingerprint density at radius 2 is 0.818 bits per heavy atom. The molecule has 2 aromatic carbocycles. The SMILES string of the molecule is [Rh+3].c1cc[cH-]c1.c1cc[cH-]c1. The van der Waals surface area contributed by atoms with Gasteiger partial charge in [-0.1, -0.05) is 0 Å². The maximum atomic E-state index is 2.00. The standard InChI is InChI=1S/2C5H5.Rh/c2*1-2-4-5-3-1;/h2*1-5H;/q2*-1;+3. The van der Waals surface area contributed by atoms with E-state index in [0.717, 1.165) is 0 Å². The van der Waals surface area contributed by atoms with E-state index in [1.807, 2.05) is 60.7 Å². The van der Waals surface area contributed by atoms with Gasteiger partial charge < -0.3 is 0 Å². The summed E-state index contributed by atoms with van der Waals surface area (Å²) in [5, 5.41) is 0. The third-order valence-electron chi connectivity index (χ3n) is 1.11. The van der Waals surface area contributed by atoms with E-state index in [1.54, 1.807) is 0 Å². The first-order chi connectivity index (χ1) is 5.00. The second-order valence-electron chi connectivity index (χ2n) is 1.92. The molecule has 0 atom stereocenters. The van der Waals surface area contributed by atoms with E-state index in [1.165, 1.54) is 0 Å². The van der Waals surface area contributed by atoms with Crippen LogP contribution in [0.3, 0.4) is 0 Å². The van der Waals surface area contributed by atoms with E-state index in [9.17, 15) is 0 Å². The van der Waals surface area contributed by atoms with Crippen molar-refractivity contribution in [3.05, 3.63) is 60.7 Å². The summed E-state index contributed by atoms with van der Waals surface area (Å²) in [6, 6.07) is 20.0. The minimum atomic E-state index is 0. The first-order valence-corrected chi connectivity index (χ1v) is 3.33. The zero-order chi connectivity index (χ0) is 7.07. The molecule has 58 valence electrons. The molecule has 0 saturated carbocycles. The predicted octanol–water partition coefficient (Wildman–Crippen LogP) is 2.81. The quantitative estimate of drug-likeness (QED) is 0.484. The van der Waals surface area contributed by atoms with Crippen molar-refractivity contribution in [3.8, 4) is 0 Å². The normalized spacial score (nSPS) is 7.27. The second-order valence-corrected chi connectivity index (χ2v) is 1.92. The smallest absolute Gasteiger partial charge is 0.214 e. The molecule has 0 saturated heterocycles. The third kappa shape index (κ3) is 5.75. The molecule has 1 heteroatoms. The summed E-state index contributed by atoms with van der Waals surface area (Å²) in [6.07, 6.45) is 0. The van der Waals surface area contributed by atoms with Crippen molar-refractivity contribution in [2.24, 2.45) is 0 Å². The molecule has 0 nitrogen and oxygen atoms in total. The van der Waals surface area contributed by atoms with Crippen molar-refractivity contribution in [2.75, 3.05) is 0 Å². The molecule has 0 heterocycles. The van der Waals surface area contributed by atoms with Crippen molar-refractivity contribution in [1.29, 1.82) is 0 Å². The van der Waals surface area contributed by atoms with E-state index in [-0.39, 0.29) is 19.5 Å². The molecule has 0 fully saturated rings. The van der Waals surface area contributed by atoms with Crippen molar-refractivity contribution in [1.82, 2.24) is 0 Å². The molecule has 0 aliphatic heterocycles. The predicted molar refractivity (Wildman–Crippen MR) is 44.1 cm³/mol. The van der Waals surface area contributed by atoms with Gasteiger partial charge in [0, 0.05) is 0 Å². The Morgan fingerprint density at radius 3 is 0.909 bits per heavy atom. The topological polar surface area (TPSA) is 0 Å². The molecule has 0 amide bonds. The molecule has 0 radical (unpaired) electrons. The second kappa shape index (κ2) is 7.43. The van der Waals surface area contributed by atoms with Crippen molar-refractivity contribution >= 4 is 0 Å². The summed E-state index contributed by atoms with van der Waals surface area (Å²) in [5.41, 5.74) is 0. The summed E-state index contributed by atoms with van der Waals surface area (Å²) in [4.78, 5) is 0. The molecule has 0 aromatic heterocycles. The molecule has 2 aromatic rings. The van der Waals surface area contributed by atoms with Gasteiger partial charge in [0.05, 0.1) is 0 Å². The Kier molecular flexibility index (Phi) is 6.97. The van der Waals surface area contributed by atoms with Crippen LogP contribution in [0.5, 0.6) is 0 Å². The van der Waals surface area contributed by atoms with Gasteiger partial charge in [0.1, 0.15) is 0 Å². The van der Waals surface area contributed by atoms with E-state index >= 15 is 0 Å². The van der Waals surface area contributed by atoms with Gasteiger partial charge in [0.15, 0.2) is 0 Å². The molecule has 0 aliphatic rings. The minimum Gasteiger partial charge on any atom is -0.214 e. The molecule has 2 rings (SSSR count). The van der Waals surface area contributed by atoms with Crippen LogP contribution in [0.4, 0.5) is 0 Å². The third-order valence-corrected chi connectivity index (χ3v) is 1.11. The summed E-state index contributed by atoms with van der Waals surface area (Å²) in [7, 11) is 0. The van der Waals surface area contributed by atoms with Crippen molar-refractivity contribution in [2.45, 2.75) is 0 Å². The zero-order valence-electron chi connectivity index (χ0n) is 6.11. The van der Waals surface area contributed by atoms with Gasteiger partial charge in [-0.2, -0.15) is 36.4 Å². The molecule has 0 unspecified atom stereocenters. The summed E-state index contributed by atoms with van der Waals surface area (Å²) >= 11 is 0. The Labute approximate surface area is 80.4 Å². The molecular weight excluding hydrogens is 223 g/mol. The maximum Gasteiger partial charge on any atom is 3.00 e. The largest absolute Gasteiger partial charge is 3.00 e. The minimum absolute atomic E-state index is 0. The van der Waals surface area contributed by atoms with Crippen LogP contribution in [0.1, 0.15) is 0 Å². The van der Waals surface area contributed by atoms with Gasteiger partial charge in [-0.25, -0.2) is 24.3 Å². The first kappa shape index (κ1) is 10.3. The number of hydrogen-bond donors (Lipinski definition) is 0. The van der Waals surface area contributed by atoms with E-state index in [2.05, 4.69) is 0 Å². The van der Waals surface area contributed by atoms with Crippen LogP contribution in [-0.4, -0.2) is 0 Å². The Bertz CT molecular complexity index is 144. The van der Waals surface area contributed by atoms with Gasteiger partial charge in [0.2, 0.25) is 0 Å². The van der Waals surface area contributed by atoms with Crippen molar-refractivity contribution < 1.29 is 19.5 Å². The molecule has 0 bridgehead atoms. The van der Waals surface area contributed by atoms with Gasteiger partial charge >= 0.3 is 19.5 Å². The molecule has 11 heavy (non-hydrogen) atoms.